The van der Waals surface area contributed by atoms with Crippen molar-refractivity contribution in [3.63, 3.8) is 0 Å². The summed E-state index contributed by atoms with van der Waals surface area (Å²) in [7, 11) is 1.88. The Morgan fingerprint density at radius 1 is 1.42 bits per heavy atom. The summed E-state index contributed by atoms with van der Waals surface area (Å²) in [5, 5.41) is 3.08. The van der Waals surface area contributed by atoms with Crippen molar-refractivity contribution in [3.05, 3.63) is 32.7 Å². The number of likely N-dealkylation sites (N-methyl/N-ethyl adjacent to an activating group) is 1. The average Bonchev–Trinajstić information content (AvgIpc) is 2.37. The van der Waals surface area contributed by atoms with Gasteiger partial charge < -0.3 is 15.0 Å². The Bertz CT molecular complexity index is 446. The van der Waals surface area contributed by atoms with E-state index >= 15 is 0 Å². The molecule has 1 N–H and O–H groups in total. The summed E-state index contributed by atoms with van der Waals surface area (Å²) in [6.45, 7) is 2.62. The first-order valence-corrected chi connectivity index (χ1v) is 7.70. The fourth-order valence-electron chi connectivity index (χ4n) is 2.11. The molecule has 0 bridgehead atoms. The number of carbonyl (C=O) groups excluding carboxylic acids is 1. The standard InChI is InChI=1S/C13H16Br2N2O2/c1-16-7-12-8-17(2-3-19-12)13(18)9-4-10(14)6-11(15)5-9/h4-6,12,16H,2-3,7-8H2,1H3. The van der Waals surface area contributed by atoms with Gasteiger partial charge >= 0.3 is 0 Å². The molecular weight excluding hydrogens is 376 g/mol. The number of nitrogens with one attached hydrogen (secondary N) is 1. The SMILES string of the molecule is CNCC1CN(C(=O)c2cc(Br)cc(Br)c2)CCO1. The van der Waals surface area contributed by atoms with Crippen molar-refractivity contribution >= 4 is 37.8 Å². The van der Waals surface area contributed by atoms with Crippen molar-refractivity contribution in [3.8, 4) is 0 Å². The number of hydrogen-bond donors (Lipinski definition) is 1. The molecule has 2 rings (SSSR count). The molecule has 1 aromatic rings. The number of benzene rings is 1. The summed E-state index contributed by atoms with van der Waals surface area (Å²) in [4.78, 5) is 14.3. The molecule has 1 unspecified atom stereocenters. The third kappa shape index (κ3) is 4.02. The zero-order valence-corrected chi connectivity index (χ0v) is 13.8. The number of halogens is 2. The highest BCUT2D eigenvalue weighted by molar-refractivity contribution is 9.11. The van der Waals surface area contributed by atoms with Crippen LogP contribution in [0.15, 0.2) is 27.1 Å². The van der Waals surface area contributed by atoms with Crippen LogP contribution in [0.2, 0.25) is 0 Å². The van der Waals surface area contributed by atoms with Gasteiger partial charge in [0.2, 0.25) is 0 Å². The van der Waals surface area contributed by atoms with Gasteiger partial charge in [-0.1, -0.05) is 31.9 Å². The highest BCUT2D eigenvalue weighted by Gasteiger charge is 2.24. The predicted octanol–water partition coefficient (Wildman–Crippen LogP) is 2.27. The van der Waals surface area contributed by atoms with E-state index in [1.807, 2.05) is 30.1 Å². The molecule has 1 atom stereocenters. The minimum atomic E-state index is 0.0476. The maximum absolute atomic E-state index is 12.5. The van der Waals surface area contributed by atoms with Crippen LogP contribution >= 0.6 is 31.9 Å². The first kappa shape index (κ1) is 15.0. The number of rotatable bonds is 3. The monoisotopic (exact) mass is 390 g/mol. The molecule has 104 valence electrons. The number of morpholine rings is 1. The van der Waals surface area contributed by atoms with Crippen LogP contribution in [-0.2, 0) is 4.74 Å². The summed E-state index contributed by atoms with van der Waals surface area (Å²) in [6.07, 6.45) is 0.0679. The van der Waals surface area contributed by atoms with E-state index < -0.39 is 0 Å². The molecule has 6 heteroatoms. The maximum Gasteiger partial charge on any atom is 0.254 e. The smallest absolute Gasteiger partial charge is 0.254 e. The van der Waals surface area contributed by atoms with E-state index in [0.717, 1.165) is 15.5 Å². The van der Waals surface area contributed by atoms with Gasteiger partial charge in [0.1, 0.15) is 0 Å². The Labute approximate surface area is 129 Å². The Morgan fingerprint density at radius 2 is 2.11 bits per heavy atom. The molecule has 1 aliphatic rings. The summed E-state index contributed by atoms with van der Waals surface area (Å²) in [5.41, 5.74) is 0.686. The van der Waals surface area contributed by atoms with Crippen LogP contribution < -0.4 is 5.32 Å². The van der Waals surface area contributed by atoms with Gasteiger partial charge in [0.05, 0.1) is 12.7 Å². The molecule has 0 spiro atoms. The number of hydrogen-bond acceptors (Lipinski definition) is 3. The van der Waals surface area contributed by atoms with Crippen LogP contribution in [0.3, 0.4) is 0 Å². The molecule has 4 nitrogen and oxygen atoms in total. The first-order chi connectivity index (χ1) is 9.10. The average molecular weight is 392 g/mol. The highest BCUT2D eigenvalue weighted by Crippen LogP contribution is 2.21. The zero-order chi connectivity index (χ0) is 13.8. The van der Waals surface area contributed by atoms with Crippen molar-refractivity contribution in [2.45, 2.75) is 6.10 Å². The van der Waals surface area contributed by atoms with E-state index in [1.54, 1.807) is 0 Å². The van der Waals surface area contributed by atoms with Gasteiger partial charge in [-0.05, 0) is 25.2 Å². The number of ether oxygens (including phenoxy) is 1. The van der Waals surface area contributed by atoms with Gasteiger partial charge in [0.25, 0.3) is 5.91 Å². The summed E-state index contributed by atoms with van der Waals surface area (Å²) < 4.78 is 7.39. The molecule has 1 aliphatic heterocycles. The van der Waals surface area contributed by atoms with Gasteiger partial charge in [-0.25, -0.2) is 0 Å². The molecule has 1 amide bonds. The van der Waals surface area contributed by atoms with Crippen LogP contribution in [-0.4, -0.2) is 50.2 Å². The van der Waals surface area contributed by atoms with Gasteiger partial charge in [-0.3, -0.25) is 4.79 Å². The van der Waals surface area contributed by atoms with Gasteiger partial charge in [-0.15, -0.1) is 0 Å². The largest absolute Gasteiger partial charge is 0.373 e. The van der Waals surface area contributed by atoms with Gasteiger partial charge in [0.15, 0.2) is 0 Å². The fourth-order valence-corrected chi connectivity index (χ4v) is 3.41. The Balaban J connectivity index is 2.10. The van der Waals surface area contributed by atoms with E-state index in [0.29, 0.717) is 25.3 Å². The van der Waals surface area contributed by atoms with Crippen LogP contribution in [0.1, 0.15) is 10.4 Å². The lowest BCUT2D eigenvalue weighted by molar-refractivity contribution is -0.0196. The van der Waals surface area contributed by atoms with E-state index in [1.165, 1.54) is 0 Å². The van der Waals surface area contributed by atoms with Crippen molar-refractivity contribution in [2.24, 2.45) is 0 Å². The quantitative estimate of drug-likeness (QED) is 0.859. The second-order valence-electron chi connectivity index (χ2n) is 4.46. The number of nitrogens with zero attached hydrogens (tertiary/aromatic N) is 1. The minimum Gasteiger partial charge on any atom is -0.373 e. The molecule has 0 aliphatic carbocycles. The maximum atomic E-state index is 12.5. The highest BCUT2D eigenvalue weighted by atomic mass is 79.9. The third-order valence-electron chi connectivity index (χ3n) is 2.97. The molecule has 0 aromatic heterocycles. The summed E-state index contributed by atoms with van der Waals surface area (Å²) in [5.74, 6) is 0.0476. The third-order valence-corrected chi connectivity index (χ3v) is 3.88. The van der Waals surface area contributed by atoms with E-state index in [-0.39, 0.29) is 12.0 Å². The second kappa shape index (κ2) is 6.83. The van der Waals surface area contributed by atoms with E-state index in [4.69, 9.17) is 4.74 Å². The molecule has 1 saturated heterocycles. The lowest BCUT2D eigenvalue weighted by Crippen LogP contribution is -2.48. The van der Waals surface area contributed by atoms with Crippen molar-refractivity contribution in [2.75, 3.05) is 33.3 Å². The van der Waals surface area contributed by atoms with Gasteiger partial charge in [-0.2, -0.15) is 0 Å². The molecule has 1 fully saturated rings. The first-order valence-electron chi connectivity index (χ1n) is 6.11. The molecule has 0 radical (unpaired) electrons. The van der Waals surface area contributed by atoms with Crippen LogP contribution in [0.25, 0.3) is 0 Å². The topological polar surface area (TPSA) is 41.6 Å². The van der Waals surface area contributed by atoms with Crippen molar-refractivity contribution < 1.29 is 9.53 Å². The number of amides is 1. The molecular formula is C13H16Br2N2O2. The zero-order valence-electron chi connectivity index (χ0n) is 10.7. The summed E-state index contributed by atoms with van der Waals surface area (Å²) in [6, 6.07) is 5.60. The molecule has 1 heterocycles. The van der Waals surface area contributed by atoms with Crippen LogP contribution in [0.5, 0.6) is 0 Å². The van der Waals surface area contributed by atoms with Crippen LogP contribution in [0.4, 0.5) is 0 Å². The van der Waals surface area contributed by atoms with Crippen LogP contribution in [0, 0.1) is 0 Å². The predicted molar refractivity (Wildman–Crippen MR) is 81.4 cm³/mol. The fraction of sp³-hybridized carbons (Fsp3) is 0.462. The normalized spacial score (nSPS) is 19.5. The molecule has 0 saturated carbocycles. The molecule has 19 heavy (non-hydrogen) atoms. The van der Waals surface area contributed by atoms with E-state index in [9.17, 15) is 4.79 Å². The molecule has 1 aromatic carbocycles. The van der Waals surface area contributed by atoms with E-state index in [2.05, 4.69) is 37.2 Å². The van der Waals surface area contributed by atoms with Crippen molar-refractivity contribution in [1.82, 2.24) is 10.2 Å². The Hall–Kier alpha value is -0.430. The lowest BCUT2D eigenvalue weighted by Gasteiger charge is -2.33. The lowest BCUT2D eigenvalue weighted by atomic mass is 10.1. The second-order valence-corrected chi connectivity index (χ2v) is 6.29. The van der Waals surface area contributed by atoms with Crippen molar-refractivity contribution in [1.29, 1.82) is 0 Å². The minimum absolute atomic E-state index is 0.0476. The van der Waals surface area contributed by atoms with Gasteiger partial charge in [0, 0.05) is 34.1 Å². The summed E-state index contributed by atoms with van der Waals surface area (Å²) >= 11 is 6.81. The Morgan fingerprint density at radius 3 is 2.74 bits per heavy atom. The Kier molecular flexibility index (Phi) is 5.38. The number of carbonyl (C=O) groups is 1.